The predicted molar refractivity (Wildman–Crippen MR) is 77.0 cm³/mol. The molecule has 0 aliphatic heterocycles. The predicted octanol–water partition coefficient (Wildman–Crippen LogP) is 3.07. The Morgan fingerprint density at radius 1 is 1.33 bits per heavy atom. The maximum Gasteiger partial charge on any atom is 0.258 e. The van der Waals surface area contributed by atoms with Crippen LogP contribution in [0.25, 0.3) is 0 Å². The zero-order chi connectivity index (χ0) is 15.4. The molecule has 0 aromatic heterocycles. The van der Waals surface area contributed by atoms with Crippen LogP contribution in [0.2, 0.25) is 0 Å². The van der Waals surface area contributed by atoms with Crippen LogP contribution >= 0.6 is 0 Å². The average molecular weight is 287 g/mol. The molecule has 2 atom stereocenters. The summed E-state index contributed by atoms with van der Waals surface area (Å²) in [6.45, 7) is 6.00. The Kier molecular flexibility index (Phi) is 3.01. The lowest BCUT2D eigenvalue weighted by atomic mass is 9.95. The van der Waals surface area contributed by atoms with Crippen molar-refractivity contribution in [1.82, 2.24) is 5.32 Å². The molecule has 0 saturated heterocycles. The third kappa shape index (κ3) is 2.09. The van der Waals surface area contributed by atoms with Crippen molar-refractivity contribution in [1.29, 1.82) is 0 Å². The topological polar surface area (TPSA) is 46.2 Å². The summed E-state index contributed by atoms with van der Waals surface area (Å²) in [6.07, 6.45) is 0.555. The lowest BCUT2D eigenvalue weighted by Gasteiger charge is -2.14. The van der Waals surface area contributed by atoms with Crippen molar-refractivity contribution in [2.45, 2.75) is 27.2 Å². The van der Waals surface area contributed by atoms with Gasteiger partial charge in [0.25, 0.3) is 5.91 Å². The molecule has 2 fully saturated rings. The van der Waals surface area contributed by atoms with Gasteiger partial charge < -0.3 is 5.32 Å². The highest BCUT2D eigenvalue weighted by atomic mass is 19.1. The number of carbonyl (C=O) groups excluding carboxylic acids is 2. The largest absolute Gasteiger partial charge is 0.325 e. The average Bonchev–Trinajstić information content (AvgIpc) is 2.78. The van der Waals surface area contributed by atoms with Gasteiger partial charge in [-0.15, -0.1) is 0 Å². The number of hydrogen-bond acceptors (Lipinski definition) is 2. The van der Waals surface area contributed by atoms with E-state index in [4.69, 9.17) is 0 Å². The van der Waals surface area contributed by atoms with Crippen molar-refractivity contribution in [3.63, 3.8) is 0 Å². The third-order valence-corrected chi connectivity index (χ3v) is 4.89. The highest BCUT2D eigenvalue weighted by molar-refractivity contribution is 6.03. The van der Waals surface area contributed by atoms with Crippen LogP contribution < -0.4 is 5.32 Å². The number of Topliss-reactive ketones (excluding diaryl/α,β-unsaturated/α-hetero) is 1. The van der Waals surface area contributed by atoms with E-state index in [0.29, 0.717) is 18.0 Å². The van der Waals surface area contributed by atoms with Gasteiger partial charge in [0, 0.05) is 17.7 Å². The Bertz CT molecular complexity index is 675. The summed E-state index contributed by atoms with van der Waals surface area (Å²) in [5.41, 5.74) is 1.41. The molecule has 1 aromatic rings. The summed E-state index contributed by atoms with van der Waals surface area (Å²) in [4.78, 5) is 24.2. The molecule has 3 nitrogen and oxygen atoms in total. The Balaban J connectivity index is 1.85. The van der Waals surface area contributed by atoms with E-state index in [-0.39, 0.29) is 22.7 Å². The standard InChI is InChI=1S/C17H18FNO2/c1-9(14-13(20)8-11-15(14)17(11,2)3)19-16(21)10-6-4-5-7-12(10)18/h4-7,11,15H,8H2,1-3H3,(H,19,21). The minimum atomic E-state index is -0.560. The van der Waals surface area contributed by atoms with Crippen molar-refractivity contribution in [3.8, 4) is 0 Å². The molecule has 0 bridgehead atoms. The summed E-state index contributed by atoms with van der Waals surface area (Å²) < 4.78 is 13.6. The second kappa shape index (κ2) is 4.52. The lowest BCUT2D eigenvalue weighted by Crippen LogP contribution is -2.25. The number of halogens is 1. The third-order valence-electron chi connectivity index (χ3n) is 4.89. The fraction of sp³-hybridized carbons (Fsp3) is 0.412. The maximum atomic E-state index is 13.6. The Hall–Kier alpha value is -1.97. The van der Waals surface area contributed by atoms with Crippen LogP contribution in [0, 0.1) is 23.1 Å². The molecular formula is C17H18FNO2. The van der Waals surface area contributed by atoms with Gasteiger partial charge in [0.1, 0.15) is 5.82 Å². The van der Waals surface area contributed by atoms with Crippen LogP contribution in [0.15, 0.2) is 35.5 Å². The van der Waals surface area contributed by atoms with Crippen LogP contribution in [-0.2, 0) is 4.79 Å². The molecule has 2 saturated carbocycles. The van der Waals surface area contributed by atoms with Crippen molar-refractivity contribution in [2.24, 2.45) is 17.3 Å². The molecule has 21 heavy (non-hydrogen) atoms. The van der Waals surface area contributed by atoms with Crippen LogP contribution in [0.4, 0.5) is 4.39 Å². The maximum absolute atomic E-state index is 13.6. The molecule has 1 aromatic carbocycles. The molecular weight excluding hydrogens is 269 g/mol. The molecule has 4 heteroatoms. The van der Waals surface area contributed by atoms with Gasteiger partial charge in [0.15, 0.2) is 5.78 Å². The summed E-state index contributed by atoms with van der Waals surface area (Å²) in [5.74, 6) is -0.343. The van der Waals surface area contributed by atoms with Crippen molar-refractivity contribution < 1.29 is 14.0 Å². The normalized spacial score (nSPS) is 28.1. The molecule has 0 heterocycles. The highest BCUT2D eigenvalue weighted by Gasteiger charge is 2.65. The number of allylic oxidation sites excluding steroid dienone is 2. The first-order chi connectivity index (χ1) is 9.84. The SMILES string of the molecule is CC(NC(=O)c1ccccc1F)=C1C(=O)CC2C1C2(C)C. The van der Waals surface area contributed by atoms with Crippen molar-refractivity contribution >= 4 is 11.7 Å². The second-order valence-corrected chi connectivity index (χ2v) is 6.51. The minimum Gasteiger partial charge on any atom is -0.325 e. The molecule has 2 aliphatic rings. The Morgan fingerprint density at radius 3 is 2.62 bits per heavy atom. The first-order valence-electron chi connectivity index (χ1n) is 7.14. The fourth-order valence-corrected chi connectivity index (χ4v) is 3.57. The number of amides is 1. The molecule has 2 unspecified atom stereocenters. The van der Waals surface area contributed by atoms with Gasteiger partial charge >= 0.3 is 0 Å². The summed E-state index contributed by atoms with van der Waals surface area (Å²) in [5, 5.41) is 2.68. The lowest BCUT2D eigenvalue weighted by molar-refractivity contribution is -0.115. The zero-order valence-electron chi connectivity index (χ0n) is 12.4. The number of benzene rings is 1. The van der Waals surface area contributed by atoms with Gasteiger partial charge in [0.05, 0.1) is 5.56 Å². The minimum absolute atomic E-state index is 0.00509. The number of nitrogens with one attached hydrogen (secondary N) is 1. The van der Waals surface area contributed by atoms with Gasteiger partial charge in [0.2, 0.25) is 0 Å². The van der Waals surface area contributed by atoms with Gasteiger partial charge in [-0.1, -0.05) is 26.0 Å². The number of fused-ring (bicyclic) bond motifs is 1. The second-order valence-electron chi connectivity index (χ2n) is 6.51. The Morgan fingerprint density at radius 2 is 2.00 bits per heavy atom. The van der Waals surface area contributed by atoms with E-state index < -0.39 is 11.7 Å². The van der Waals surface area contributed by atoms with Crippen LogP contribution in [-0.4, -0.2) is 11.7 Å². The van der Waals surface area contributed by atoms with Gasteiger partial charge in [-0.05, 0) is 36.3 Å². The van der Waals surface area contributed by atoms with Gasteiger partial charge in [-0.25, -0.2) is 4.39 Å². The summed E-state index contributed by atoms with van der Waals surface area (Å²) in [6, 6.07) is 5.83. The smallest absolute Gasteiger partial charge is 0.258 e. The molecule has 1 N–H and O–H groups in total. The highest BCUT2D eigenvalue weighted by Crippen LogP contribution is 2.68. The number of rotatable bonds is 2. The van der Waals surface area contributed by atoms with Crippen molar-refractivity contribution in [2.75, 3.05) is 0 Å². The van der Waals surface area contributed by atoms with Crippen LogP contribution in [0.5, 0.6) is 0 Å². The molecule has 0 spiro atoms. The van der Waals surface area contributed by atoms with Gasteiger partial charge in [-0.2, -0.15) is 0 Å². The van der Waals surface area contributed by atoms with Crippen LogP contribution in [0.3, 0.4) is 0 Å². The molecule has 3 rings (SSSR count). The number of ketones is 1. The summed E-state index contributed by atoms with van der Waals surface area (Å²) >= 11 is 0. The van der Waals surface area contributed by atoms with Crippen LogP contribution in [0.1, 0.15) is 37.6 Å². The molecule has 0 radical (unpaired) electrons. The van der Waals surface area contributed by atoms with E-state index in [1.54, 1.807) is 13.0 Å². The van der Waals surface area contributed by atoms with E-state index in [2.05, 4.69) is 19.2 Å². The first-order valence-corrected chi connectivity index (χ1v) is 7.14. The van der Waals surface area contributed by atoms with Crippen molar-refractivity contribution in [3.05, 3.63) is 46.9 Å². The first kappa shape index (κ1) is 14.0. The zero-order valence-corrected chi connectivity index (χ0v) is 12.4. The van der Waals surface area contributed by atoms with E-state index in [1.165, 1.54) is 18.2 Å². The van der Waals surface area contributed by atoms with E-state index in [1.807, 2.05) is 0 Å². The number of hydrogen-bond donors (Lipinski definition) is 1. The van der Waals surface area contributed by atoms with E-state index in [0.717, 1.165) is 5.57 Å². The van der Waals surface area contributed by atoms with E-state index in [9.17, 15) is 14.0 Å². The quantitative estimate of drug-likeness (QED) is 0.850. The van der Waals surface area contributed by atoms with Gasteiger partial charge in [-0.3, -0.25) is 9.59 Å². The number of carbonyl (C=O) groups is 2. The molecule has 2 aliphatic carbocycles. The molecule has 110 valence electrons. The molecule has 1 amide bonds. The monoisotopic (exact) mass is 287 g/mol. The van der Waals surface area contributed by atoms with E-state index >= 15 is 0 Å². The Labute approximate surface area is 123 Å². The fourth-order valence-electron chi connectivity index (χ4n) is 3.57. The summed E-state index contributed by atoms with van der Waals surface area (Å²) in [7, 11) is 0.